The summed E-state index contributed by atoms with van der Waals surface area (Å²) in [5.74, 6) is 0. The Bertz CT molecular complexity index is 116. The number of ether oxygens (including phenoxy) is 1. The van der Waals surface area contributed by atoms with Crippen molar-refractivity contribution in [1.29, 1.82) is 0 Å². The monoisotopic (exact) mass is 161 g/mol. The summed E-state index contributed by atoms with van der Waals surface area (Å²) in [4.78, 5) is 12.4. The molecule has 0 radical (unpaired) electrons. The molecule has 0 aromatic rings. The molecular formula is C7H15NO3. The first-order valence-corrected chi connectivity index (χ1v) is 3.70. The molecule has 0 saturated carbocycles. The van der Waals surface area contributed by atoms with Gasteiger partial charge in [-0.15, -0.1) is 0 Å². The molecule has 0 aliphatic rings. The van der Waals surface area contributed by atoms with E-state index in [9.17, 15) is 4.79 Å². The molecule has 11 heavy (non-hydrogen) atoms. The lowest BCUT2D eigenvalue weighted by Crippen LogP contribution is -2.31. The van der Waals surface area contributed by atoms with E-state index in [2.05, 4.69) is 4.74 Å². The summed E-state index contributed by atoms with van der Waals surface area (Å²) < 4.78 is 4.51. The molecule has 1 amide bonds. The first-order valence-electron chi connectivity index (χ1n) is 3.70. The van der Waals surface area contributed by atoms with Crippen molar-refractivity contribution in [2.24, 2.45) is 0 Å². The fraction of sp³-hybridized carbons (Fsp3) is 0.857. The zero-order valence-electron chi connectivity index (χ0n) is 7.04. The zero-order chi connectivity index (χ0) is 8.69. The Morgan fingerprint density at radius 1 is 1.64 bits per heavy atom. The average Bonchev–Trinajstić information content (AvgIpc) is 2.05. The van der Waals surface area contributed by atoms with E-state index in [1.165, 1.54) is 12.0 Å². The Morgan fingerprint density at radius 3 is 2.64 bits per heavy atom. The van der Waals surface area contributed by atoms with Gasteiger partial charge in [0.2, 0.25) is 0 Å². The van der Waals surface area contributed by atoms with Crippen molar-refractivity contribution >= 4 is 6.09 Å². The third-order valence-electron chi connectivity index (χ3n) is 1.40. The molecule has 0 saturated heterocycles. The summed E-state index contributed by atoms with van der Waals surface area (Å²) in [5.41, 5.74) is 0. The van der Waals surface area contributed by atoms with Gasteiger partial charge in [0.05, 0.1) is 7.11 Å². The van der Waals surface area contributed by atoms with Gasteiger partial charge in [0.25, 0.3) is 0 Å². The summed E-state index contributed by atoms with van der Waals surface area (Å²) >= 11 is 0. The van der Waals surface area contributed by atoms with Gasteiger partial charge in [-0.2, -0.15) is 0 Å². The molecule has 0 aromatic heterocycles. The Labute approximate surface area is 66.8 Å². The first kappa shape index (κ1) is 10.2. The molecule has 4 heteroatoms. The number of aliphatic hydroxyl groups is 1. The van der Waals surface area contributed by atoms with Gasteiger partial charge in [0.15, 0.2) is 0 Å². The van der Waals surface area contributed by atoms with E-state index in [1.54, 1.807) is 0 Å². The minimum Gasteiger partial charge on any atom is -0.453 e. The Balaban J connectivity index is 3.65. The number of nitrogens with zero attached hydrogens (tertiary/aromatic N) is 1. The van der Waals surface area contributed by atoms with Gasteiger partial charge in [-0.1, -0.05) is 0 Å². The van der Waals surface area contributed by atoms with E-state index < -0.39 is 0 Å². The van der Waals surface area contributed by atoms with Crippen LogP contribution >= 0.6 is 0 Å². The summed E-state index contributed by atoms with van der Waals surface area (Å²) in [6.07, 6.45) is 0.268. The highest BCUT2D eigenvalue weighted by Crippen LogP contribution is 1.93. The largest absolute Gasteiger partial charge is 0.453 e. The fourth-order valence-electron chi connectivity index (χ4n) is 0.769. The molecule has 0 atom stereocenters. The number of hydrogen-bond donors (Lipinski definition) is 1. The van der Waals surface area contributed by atoms with E-state index in [-0.39, 0.29) is 12.7 Å². The van der Waals surface area contributed by atoms with Gasteiger partial charge < -0.3 is 14.7 Å². The molecule has 0 rings (SSSR count). The van der Waals surface area contributed by atoms with Crippen LogP contribution in [0.15, 0.2) is 0 Å². The predicted octanol–water partition coefficient (Wildman–Crippen LogP) is 0.457. The van der Waals surface area contributed by atoms with E-state index in [1.807, 2.05) is 6.92 Å². The summed E-state index contributed by atoms with van der Waals surface area (Å²) in [5, 5.41) is 8.49. The second-order valence-corrected chi connectivity index (χ2v) is 2.13. The second-order valence-electron chi connectivity index (χ2n) is 2.13. The van der Waals surface area contributed by atoms with Crippen LogP contribution in [0.1, 0.15) is 13.3 Å². The number of amides is 1. The maximum atomic E-state index is 10.9. The SMILES string of the molecule is CCN(CCCO)C(=O)OC. The van der Waals surface area contributed by atoms with Crippen LogP contribution in [-0.4, -0.2) is 42.9 Å². The third kappa shape index (κ3) is 3.83. The quantitative estimate of drug-likeness (QED) is 0.651. The van der Waals surface area contributed by atoms with Crippen molar-refractivity contribution in [1.82, 2.24) is 4.90 Å². The molecule has 0 aromatic carbocycles. The molecule has 1 N–H and O–H groups in total. The van der Waals surface area contributed by atoms with Crippen molar-refractivity contribution in [2.75, 3.05) is 26.8 Å². The number of carbonyl (C=O) groups excluding carboxylic acids is 1. The van der Waals surface area contributed by atoms with Crippen molar-refractivity contribution in [3.8, 4) is 0 Å². The highest BCUT2D eigenvalue weighted by Gasteiger charge is 2.09. The molecule has 4 nitrogen and oxygen atoms in total. The van der Waals surface area contributed by atoms with Crippen molar-refractivity contribution in [3.05, 3.63) is 0 Å². The topological polar surface area (TPSA) is 49.8 Å². The lowest BCUT2D eigenvalue weighted by Gasteiger charge is -2.17. The normalized spacial score (nSPS) is 9.36. The first-order chi connectivity index (χ1) is 5.26. The zero-order valence-corrected chi connectivity index (χ0v) is 7.04. The van der Waals surface area contributed by atoms with E-state index in [0.29, 0.717) is 19.5 Å². The molecular weight excluding hydrogens is 146 g/mol. The minimum atomic E-state index is -0.332. The van der Waals surface area contributed by atoms with Gasteiger partial charge >= 0.3 is 6.09 Å². The predicted molar refractivity (Wildman–Crippen MR) is 41.4 cm³/mol. The number of rotatable bonds is 4. The third-order valence-corrected chi connectivity index (χ3v) is 1.40. The van der Waals surface area contributed by atoms with Gasteiger partial charge in [-0.25, -0.2) is 4.79 Å². The number of hydrogen-bond acceptors (Lipinski definition) is 3. The van der Waals surface area contributed by atoms with Crippen LogP contribution in [0.3, 0.4) is 0 Å². The Hall–Kier alpha value is -0.770. The van der Waals surface area contributed by atoms with Crippen LogP contribution in [0.4, 0.5) is 4.79 Å². The summed E-state index contributed by atoms with van der Waals surface area (Å²) in [6, 6.07) is 0. The van der Waals surface area contributed by atoms with Crippen LogP contribution in [-0.2, 0) is 4.74 Å². The smallest absolute Gasteiger partial charge is 0.409 e. The van der Waals surface area contributed by atoms with Crippen LogP contribution in [0.25, 0.3) is 0 Å². The van der Waals surface area contributed by atoms with Crippen LogP contribution in [0.2, 0.25) is 0 Å². The van der Waals surface area contributed by atoms with E-state index in [4.69, 9.17) is 5.11 Å². The lowest BCUT2D eigenvalue weighted by atomic mass is 10.4. The maximum Gasteiger partial charge on any atom is 0.409 e. The molecule has 0 aliphatic carbocycles. The Kier molecular flexibility index (Phi) is 5.56. The van der Waals surface area contributed by atoms with E-state index >= 15 is 0 Å². The van der Waals surface area contributed by atoms with Crippen LogP contribution in [0.5, 0.6) is 0 Å². The molecule has 0 fully saturated rings. The van der Waals surface area contributed by atoms with Crippen LogP contribution in [0, 0.1) is 0 Å². The second kappa shape index (κ2) is 5.97. The summed E-state index contributed by atoms with van der Waals surface area (Å²) in [6.45, 7) is 3.15. The molecule has 0 heterocycles. The molecule has 0 bridgehead atoms. The average molecular weight is 161 g/mol. The number of carbonyl (C=O) groups is 1. The molecule has 0 spiro atoms. The molecule has 0 unspecified atom stereocenters. The highest BCUT2D eigenvalue weighted by molar-refractivity contribution is 5.67. The standard InChI is InChI=1S/C7H15NO3/c1-3-8(5-4-6-9)7(10)11-2/h9H,3-6H2,1-2H3. The van der Waals surface area contributed by atoms with E-state index in [0.717, 1.165) is 0 Å². The lowest BCUT2D eigenvalue weighted by molar-refractivity contribution is 0.122. The van der Waals surface area contributed by atoms with Crippen molar-refractivity contribution in [2.45, 2.75) is 13.3 Å². The van der Waals surface area contributed by atoms with Gasteiger partial charge in [0.1, 0.15) is 0 Å². The molecule has 0 aliphatic heterocycles. The number of methoxy groups -OCH3 is 1. The van der Waals surface area contributed by atoms with Crippen LogP contribution < -0.4 is 0 Å². The maximum absolute atomic E-state index is 10.9. The van der Waals surface area contributed by atoms with Crippen molar-refractivity contribution < 1.29 is 14.6 Å². The Morgan fingerprint density at radius 2 is 2.27 bits per heavy atom. The van der Waals surface area contributed by atoms with Crippen molar-refractivity contribution in [3.63, 3.8) is 0 Å². The fourth-order valence-corrected chi connectivity index (χ4v) is 0.769. The van der Waals surface area contributed by atoms with Gasteiger partial charge in [-0.05, 0) is 13.3 Å². The van der Waals surface area contributed by atoms with Gasteiger partial charge in [-0.3, -0.25) is 0 Å². The highest BCUT2D eigenvalue weighted by atomic mass is 16.5. The van der Waals surface area contributed by atoms with Gasteiger partial charge in [0, 0.05) is 19.7 Å². The number of aliphatic hydroxyl groups excluding tert-OH is 1. The summed E-state index contributed by atoms with van der Waals surface area (Å²) in [7, 11) is 1.35. The minimum absolute atomic E-state index is 0.105. The molecule has 66 valence electrons.